The predicted octanol–water partition coefficient (Wildman–Crippen LogP) is 3.00. The Morgan fingerprint density at radius 1 is 1.39 bits per heavy atom. The van der Waals surface area contributed by atoms with Crippen LogP contribution in [0.1, 0.15) is 5.76 Å². The fourth-order valence-corrected chi connectivity index (χ4v) is 2.38. The fraction of sp³-hybridized carbons (Fsp3) is 0.154. The van der Waals surface area contributed by atoms with Gasteiger partial charge in [-0.3, -0.25) is 4.79 Å². The number of hydrogen-bond acceptors (Lipinski definition) is 3. The summed E-state index contributed by atoms with van der Waals surface area (Å²) < 4.78 is 6.29. The summed E-state index contributed by atoms with van der Waals surface area (Å²) in [6, 6.07) is 9.51. The van der Waals surface area contributed by atoms with Crippen LogP contribution in [0.2, 0.25) is 0 Å². The maximum atomic E-state index is 12.0. The molecular formula is C13H11BrN2O2. The lowest BCUT2D eigenvalue weighted by Gasteiger charge is -2.29. The molecule has 92 valence electrons. The highest BCUT2D eigenvalue weighted by Gasteiger charge is 2.24. The van der Waals surface area contributed by atoms with Gasteiger partial charge in [-0.1, -0.05) is 15.9 Å². The number of nitrogens with zero attached hydrogens (tertiary/aromatic N) is 1. The zero-order valence-electron chi connectivity index (χ0n) is 9.52. The van der Waals surface area contributed by atoms with Crippen LogP contribution in [0.25, 0.3) is 0 Å². The van der Waals surface area contributed by atoms with Gasteiger partial charge in [-0.05, 0) is 30.3 Å². The maximum absolute atomic E-state index is 12.0. The Morgan fingerprint density at radius 2 is 2.28 bits per heavy atom. The Hall–Kier alpha value is -1.75. The summed E-state index contributed by atoms with van der Waals surface area (Å²) in [6.07, 6.45) is 1.62. The molecular weight excluding hydrogens is 296 g/mol. The summed E-state index contributed by atoms with van der Waals surface area (Å²) in [5.74, 6) is 0.820. The smallest absolute Gasteiger partial charge is 0.246 e. The van der Waals surface area contributed by atoms with E-state index in [1.165, 1.54) is 0 Å². The normalized spacial score (nSPS) is 14.3. The summed E-state index contributed by atoms with van der Waals surface area (Å²) in [6.45, 7) is 0.770. The number of amides is 1. The lowest BCUT2D eigenvalue weighted by atomic mass is 10.2. The van der Waals surface area contributed by atoms with Gasteiger partial charge in [0.05, 0.1) is 30.7 Å². The molecule has 2 heterocycles. The van der Waals surface area contributed by atoms with E-state index in [9.17, 15) is 4.79 Å². The van der Waals surface area contributed by atoms with Crippen LogP contribution in [0.5, 0.6) is 0 Å². The van der Waals surface area contributed by atoms with Gasteiger partial charge in [-0.2, -0.15) is 0 Å². The molecule has 18 heavy (non-hydrogen) atoms. The van der Waals surface area contributed by atoms with Crippen molar-refractivity contribution in [3.8, 4) is 0 Å². The van der Waals surface area contributed by atoms with Gasteiger partial charge in [0, 0.05) is 4.47 Å². The van der Waals surface area contributed by atoms with Gasteiger partial charge in [0.1, 0.15) is 5.76 Å². The lowest BCUT2D eigenvalue weighted by Crippen LogP contribution is -2.39. The Labute approximate surface area is 113 Å². The molecule has 1 aliphatic heterocycles. The van der Waals surface area contributed by atoms with Gasteiger partial charge in [-0.25, -0.2) is 0 Å². The largest absolute Gasteiger partial charge is 0.467 e. The summed E-state index contributed by atoms with van der Waals surface area (Å²) in [5.41, 5.74) is 1.83. The van der Waals surface area contributed by atoms with Crippen molar-refractivity contribution >= 4 is 33.2 Å². The van der Waals surface area contributed by atoms with Crippen LogP contribution >= 0.6 is 15.9 Å². The van der Waals surface area contributed by atoms with Crippen LogP contribution in [0, 0.1) is 0 Å². The third-order valence-electron chi connectivity index (χ3n) is 2.87. The van der Waals surface area contributed by atoms with Crippen molar-refractivity contribution < 1.29 is 9.21 Å². The average Bonchev–Trinajstić information content (AvgIpc) is 2.86. The van der Waals surface area contributed by atoms with E-state index in [2.05, 4.69) is 21.2 Å². The highest BCUT2D eigenvalue weighted by Crippen LogP contribution is 2.33. The second kappa shape index (κ2) is 4.49. The zero-order valence-corrected chi connectivity index (χ0v) is 11.1. The molecule has 0 saturated carbocycles. The molecule has 4 nitrogen and oxygen atoms in total. The third-order valence-corrected chi connectivity index (χ3v) is 3.37. The molecule has 1 N–H and O–H groups in total. The van der Waals surface area contributed by atoms with E-state index in [-0.39, 0.29) is 5.91 Å². The topological polar surface area (TPSA) is 45.5 Å². The van der Waals surface area contributed by atoms with E-state index >= 15 is 0 Å². The number of fused-ring (bicyclic) bond motifs is 1. The summed E-state index contributed by atoms with van der Waals surface area (Å²) >= 11 is 3.42. The first-order valence-electron chi connectivity index (χ1n) is 5.60. The molecule has 0 spiro atoms. The average molecular weight is 307 g/mol. The van der Waals surface area contributed by atoms with Crippen LogP contribution in [-0.2, 0) is 11.3 Å². The molecule has 1 amide bonds. The molecule has 0 saturated heterocycles. The van der Waals surface area contributed by atoms with Gasteiger partial charge >= 0.3 is 0 Å². The monoisotopic (exact) mass is 306 g/mol. The van der Waals surface area contributed by atoms with Crippen LogP contribution in [0.4, 0.5) is 11.4 Å². The maximum Gasteiger partial charge on any atom is 0.246 e. The van der Waals surface area contributed by atoms with Gasteiger partial charge < -0.3 is 14.6 Å². The lowest BCUT2D eigenvalue weighted by molar-refractivity contribution is -0.117. The van der Waals surface area contributed by atoms with Crippen molar-refractivity contribution in [3.05, 3.63) is 46.8 Å². The van der Waals surface area contributed by atoms with Crippen LogP contribution in [0.3, 0.4) is 0 Å². The summed E-state index contributed by atoms with van der Waals surface area (Å²) in [4.78, 5) is 13.7. The van der Waals surface area contributed by atoms with E-state index in [0.29, 0.717) is 13.1 Å². The Bertz CT molecular complexity index is 581. The minimum atomic E-state index is 0.0428. The van der Waals surface area contributed by atoms with E-state index < -0.39 is 0 Å². The van der Waals surface area contributed by atoms with Crippen molar-refractivity contribution in [1.29, 1.82) is 0 Å². The molecule has 0 atom stereocenters. The Morgan fingerprint density at radius 3 is 3.06 bits per heavy atom. The quantitative estimate of drug-likeness (QED) is 0.927. The van der Waals surface area contributed by atoms with Gasteiger partial charge in [0.25, 0.3) is 0 Å². The summed E-state index contributed by atoms with van der Waals surface area (Å²) in [7, 11) is 0. The first kappa shape index (κ1) is 11.3. The molecule has 1 aromatic carbocycles. The fourth-order valence-electron chi connectivity index (χ4n) is 2.02. The van der Waals surface area contributed by atoms with Crippen molar-refractivity contribution in [2.45, 2.75) is 6.54 Å². The second-order valence-corrected chi connectivity index (χ2v) is 4.99. The summed E-state index contributed by atoms with van der Waals surface area (Å²) in [5, 5.41) is 3.11. The Balaban J connectivity index is 1.96. The standard InChI is InChI=1S/C13H11BrN2O2/c14-9-3-4-12-11(6-9)15-7-13(17)16(12)8-10-2-1-5-18-10/h1-6,15H,7-8H2. The number of hydrogen-bond donors (Lipinski definition) is 1. The molecule has 0 aliphatic carbocycles. The molecule has 5 heteroatoms. The number of rotatable bonds is 2. The van der Waals surface area contributed by atoms with E-state index in [0.717, 1.165) is 21.6 Å². The van der Waals surface area contributed by atoms with Crippen molar-refractivity contribution in [2.75, 3.05) is 16.8 Å². The molecule has 1 aliphatic rings. The molecule has 2 aromatic rings. The molecule has 1 aromatic heterocycles. The minimum absolute atomic E-state index is 0.0428. The number of anilines is 2. The Kier molecular flexibility index (Phi) is 2.83. The molecule has 0 fully saturated rings. The van der Waals surface area contributed by atoms with Crippen LogP contribution in [0.15, 0.2) is 45.5 Å². The number of carbonyl (C=O) groups excluding carboxylic acids is 1. The number of halogens is 1. The van der Waals surface area contributed by atoms with Crippen LogP contribution < -0.4 is 10.2 Å². The number of nitrogens with one attached hydrogen (secondary N) is 1. The highest BCUT2D eigenvalue weighted by molar-refractivity contribution is 9.10. The SMILES string of the molecule is O=C1CNc2cc(Br)ccc2N1Cc1ccco1. The van der Waals surface area contributed by atoms with Gasteiger partial charge in [0.15, 0.2) is 0 Å². The molecule has 0 radical (unpaired) electrons. The minimum Gasteiger partial charge on any atom is -0.467 e. The first-order valence-corrected chi connectivity index (χ1v) is 6.39. The number of benzene rings is 1. The van der Waals surface area contributed by atoms with Gasteiger partial charge in [0.2, 0.25) is 5.91 Å². The molecule has 0 bridgehead atoms. The molecule has 0 unspecified atom stereocenters. The van der Waals surface area contributed by atoms with E-state index in [1.54, 1.807) is 11.2 Å². The van der Waals surface area contributed by atoms with Crippen molar-refractivity contribution in [3.63, 3.8) is 0 Å². The highest BCUT2D eigenvalue weighted by atomic mass is 79.9. The number of carbonyl (C=O) groups is 1. The van der Waals surface area contributed by atoms with Crippen molar-refractivity contribution in [2.24, 2.45) is 0 Å². The van der Waals surface area contributed by atoms with Crippen molar-refractivity contribution in [1.82, 2.24) is 0 Å². The second-order valence-electron chi connectivity index (χ2n) is 4.07. The number of furan rings is 1. The van der Waals surface area contributed by atoms with Crippen LogP contribution in [-0.4, -0.2) is 12.5 Å². The van der Waals surface area contributed by atoms with E-state index in [4.69, 9.17) is 4.42 Å². The third kappa shape index (κ3) is 2.01. The first-order chi connectivity index (χ1) is 8.74. The predicted molar refractivity (Wildman–Crippen MR) is 72.5 cm³/mol. The van der Waals surface area contributed by atoms with E-state index in [1.807, 2.05) is 30.3 Å². The molecule has 3 rings (SSSR count). The van der Waals surface area contributed by atoms with Gasteiger partial charge in [-0.15, -0.1) is 0 Å². The zero-order chi connectivity index (χ0) is 12.5.